The molecule has 2 rings (SSSR count). The number of halogens is 1. The third-order valence-electron chi connectivity index (χ3n) is 6.23. The summed E-state index contributed by atoms with van der Waals surface area (Å²) in [5.74, 6) is 0.563. The quantitative estimate of drug-likeness (QED) is 0.366. The number of carbonyl (C=O) groups excluding carboxylic acids is 2. The molecular weight excluding hydrogens is 530 g/mol. The lowest BCUT2D eigenvalue weighted by atomic mass is 10.1. The van der Waals surface area contributed by atoms with E-state index in [2.05, 4.69) is 5.32 Å². The maximum Gasteiger partial charge on any atom is 0.242 e. The minimum atomic E-state index is -3.64. The standard InChI is InChI=1S/C27H38ClN3O6S/c1-7-19(2)29-27(33)20(3)30(18-21-10-8-11-23(16-21)36-4)26(32)12-9-15-31(38(6,34)35)22-13-14-25(37-5)24(28)17-22/h8,10-11,13-14,16-17,19-20H,7,9,12,15,18H2,1-6H3,(H,29,33)/t19-,20-/m0/s1. The molecule has 0 aliphatic heterocycles. The lowest BCUT2D eigenvalue weighted by Gasteiger charge is -2.30. The molecule has 0 fully saturated rings. The number of sulfonamides is 1. The fraction of sp³-hybridized carbons (Fsp3) is 0.481. The smallest absolute Gasteiger partial charge is 0.242 e. The molecule has 0 bridgehead atoms. The molecule has 0 unspecified atom stereocenters. The van der Waals surface area contributed by atoms with Gasteiger partial charge in [0.15, 0.2) is 0 Å². The Balaban J connectivity index is 2.22. The van der Waals surface area contributed by atoms with Gasteiger partial charge in [0.05, 0.1) is 31.2 Å². The number of methoxy groups -OCH3 is 2. The first kappa shape index (κ1) is 31.2. The van der Waals surface area contributed by atoms with Gasteiger partial charge < -0.3 is 19.7 Å². The third-order valence-corrected chi connectivity index (χ3v) is 7.72. The highest BCUT2D eigenvalue weighted by Crippen LogP contribution is 2.30. The van der Waals surface area contributed by atoms with Gasteiger partial charge in [-0.25, -0.2) is 8.42 Å². The summed E-state index contributed by atoms with van der Waals surface area (Å²) < 4.78 is 36.7. The highest BCUT2D eigenvalue weighted by Gasteiger charge is 2.27. The largest absolute Gasteiger partial charge is 0.497 e. The van der Waals surface area contributed by atoms with E-state index in [1.807, 2.05) is 32.0 Å². The Kier molecular flexibility index (Phi) is 11.7. The molecule has 0 heterocycles. The molecule has 0 spiro atoms. The van der Waals surface area contributed by atoms with Gasteiger partial charge in [-0.1, -0.05) is 30.7 Å². The second-order valence-electron chi connectivity index (χ2n) is 9.12. The van der Waals surface area contributed by atoms with Crippen LogP contribution in [0, 0.1) is 0 Å². The molecule has 0 aliphatic carbocycles. The number of hydrogen-bond acceptors (Lipinski definition) is 6. The predicted octanol–water partition coefficient (Wildman–Crippen LogP) is 4.24. The Morgan fingerprint density at radius 2 is 1.79 bits per heavy atom. The average Bonchev–Trinajstić information content (AvgIpc) is 2.88. The predicted molar refractivity (Wildman–Crippen MR) is 150 cm³/mol. The summed E-state index contributed by atoms with van der Waals surface area (Å²) in [6, 6.07) is 11.3. The van der Waals surface area contributed by atoms with Crippen LogP contribution in [-0.2, 0) is 26.2 Å². The maximum atomic E-state index is 13.4. The van der Waals surface area contributed by atoms with Gasteiger partial charge in [0.1, 0.15) is 17.5 Å². The Morgan fingerprint density at radius 1 is 1.08 bits per heavy atom. The summed E-state index contributed by atoms with van der Waals surface area (Å²) in [6.45, 7) is 5.84. The zero-order valence-corrected chi connectivity index (χ0v) is 24.4. The third kappa shape index (κ3) is 8.80. The second kappa shape index (κ2) is 14.2. The summed E-state index contributed by atoms with van der Waals surface area (Å²) in [5.41, 5.74) is 1.19. The van der Waals surface area contributed by atoms with Crippen LogP contribution in [0.4, 0.5) is 5.69 Å². The zero-order valence-electron chi connectivity index (χ0n) is 22.9. The van der Waals surface area contributed by atoms with Gasteiger partial charge in [-0.2, -0.15) is 0 Å². The molecule has 210 valence electrons. The molecule has 38 heavy (non-hydrogen) atoms. The van der Waals surface area contributed by atoms with Crippen LogP contribution in [0.2, 0.25) is 5.02 Å². The van der Waals surface area contributed by atoms with Crippen molar-refractivity contribution in [2.24, 2.45) is 0 Å². The van der Waals surface area contributed by atoms with E-state index in [0.29, 0.717) is 17.2 Å². The highest BCUT2D eigenvalue weighted by atomic mass is 35.5. The SMILES string of the molecule is CC[C@H](C)NC(=O)[C@H](C)N(Cc1cccc(OC)c1)C(=O)CCCN(c1ccc(OC)c(Cl)c1)S(C)(=O)=O. The zero-order chi connectivity index (χ0) is 28.5. The van der Waals surface area contributed by atoms with Crippen molar-refractivity contribution in [3.8, 4) is 11.5 Å². The van der Waals surface area contributed by atoms with Gasteiger partial charge in [0, 0.05) is 25.6 Å². The fourth-order valence-corrected chi connectivity index (χ4v) is 5.04. The van der Waals surface area contributed by atoms with Crippen LogP contribution >= 0.6 is 11.6 Å². The van der Waals surface area contributed by atoms with Crippen LogP contribution in [0.15, 0.2) is 42.5 Å². The van der Waals surface area contributed by atoms with E-state index in [4.69, 9.17) is 21.1 Å². The Hall–Kier alpha value is -2.98. The number of anilines is 1. The van der Waals surface area contributed by atoms with E-state index in [1.165, 1.54) is 22.4 Å². The Morgan fingerprint density at radius 3 is 2.37 bits per heavy atom. The van der Waals surface area contributed by atoms with Crippen molar-refractivity contribution in [3.63, 3.8) is 0 Å². The molecule has 9 nitrogen and oxygen atoms in total. The van der Waals surface area contributed by atoms with Crippen molar-refractivity contribution >= 4 is 39.1 Å². The Labute approximate surface area is 231 Å². The van der Waals surface area contributed by atoms with Gasteiger partial charge >= 0.3 is 0 Å². The van der Waals surface area contributed by atoms with Gasteiger partial charge in [0.25, 0.3) is 0 Å². The van der Waals surface area contributed by atoms with E-state index in [0.717, 1.165) is 18.2 Å². The molecule has 0 saturated carbocycles. The summed E-state index contributed by atoms with van der Waals surface area (Å²) in [7, 11) is -0.606. The molecule has 0 aliphatic rings. The number of nitrogens with zero attached hydrogens (tertiary/aromatic N) is 2. The number of rotatable bonds is 14. The molecule has 2 amide bonds. The molecule has 1 N–H and O–H groups in total. The molecule has 11 heteroatoms. The van der Waals surface area contributed by atoms with Crippen LogP contribution in [0.25, 0.3) is 0 Å². The number of nitrogens with one attached hydrogen (secondary N) is 1. The van der Waals surface area contributed by atoms with Crippen molar-refractivity contribution in [2.75, 3.05) is 31.3 Å². The summed E-state index contributed by atoms with van der Waals surface area (Å²) in [5, 5.41) is 3.21. The van der Waals surface area contributed by atoms with Crippen molar-refractivity contribution in [1.82, 2.24) is 10.2 Å². The maximum absolute atomic E-state index is 13.4. The average molecular weight is 568 g/mol. The number of benzene rings is 2. The lowest BCUT2D eigenvalue weighted by molar-refractivity contribution is -0.140. The van der Waals surface area contributed by atoms with E-state index in [-0.39, 0.29) is 48.8 Å². The first-order valence-electron chi connectivity index (χ1n) is 12.4. The molecular formula is C27H38ClN3O6S. The molecule has 2 aromatic rings. The normalized spacial score (nSPS) is 12.8. The minimum absolute atomic E-state index is 0.0293. The van der Waals surface area contributed by atoms with Crippen molar-refractivity contribution < 1.29 is 27.5 Å². The lowest BCUT2D eigenvalue weighted by Crippen LogP contribution is -2.49. The highest BCUT2D eigenvalue weighted by molar-refractivity contribution is 7.92. The molecule has 2 atom stereocenters. The monoisotopic (exact) mass is 567 g/mol. The van der Waals surface area contributed by atoms with Crippen molar-refractivity contribution in [1.29, 1.82) is 0 Å². The summed E-state index contributed by atoms with van der Waals surface area (Å²) in [4.78, 5) is 27.8. The van der Waals surface area contributed by atoms with Crippen LogP contribution in [0.3, 0.4) is 0 Å². The molecule has 0 saturated heterocycles. The number of ether oxygens (including phenoxy) is 2. The van der Waals surface area contributed by atoms with Crippen molar-refractivity contribution in [2.45, 2.75) is 58.7 Å². The van der Waals surface area contributed by atoms with Gasteiger partial charge in [-0.05, 0) is 62.6 Å². The molecule has 2 aromatic carbocycles. The number of amides is 2. The van der Waals surface area contributed by atoms with E-state index < -0.39 is 16.1 Å². The first-order chi connectivity index (χ1) is 17.9. The van der Waals surface area contributed by atoms with Gasteiger partial charge in [-0.3, -0.25) is 13.9 Å². The summed E-state index contributed by atoms with van der Waals surface area (Å²) >= 11 is 6.21. The van der Waals surface area contributed by atoms with Gasteiger partial charge in [-0.15, -0.1) is 0 Å². The van der Waals surface area contributed by atoms with Crippen LogP contribution in [0.5, 0.6) is 11.5 Å². The molecule has 0 aromatic heterocycles. The minimum Gasteiger partial charge on any atom is -0.497 e. The van der Waals surface area contributed by atoms with E-state index in [9.17, 15) is 18.0 Å². The van der Waals surface area contributed by atoms with Crippen LogP contribution < -0.4 is 19.1 Å². The summed E-state index contributed by atoms with van der Waals surface area (Å²) in [6.07, 6.45) is 2.15. The topological polar surface area (TPSA) is 105 Å². The van der Waals surface area contributed by atoms with E-state index >= 15 is 0 Å². The Bertz CT molecular complexity index is 1210. The fourth-order valence-electron chi connectivity index (χ4n) is 3.83. The first-order valence-corrected chi connectivity index (χ1v) is 14.7. The van der Waals surface area contributed by atoms with Crippen molar-refractivity contribution in [3.05, 3.63) is 53.1 Å². The van der Waals surface area contributed by atoms with Gasteiger partial charge in [0.2, 0.25) is 21.8 Å². The van der Waals surface area contributed by atoms with E-state index in [1.54, 1.807) is 32.2 Å². The van der Waals surface area contributed by atoms with Crippen LogP contribution in [0.1, 0.15) is 45.6 Å². The number of hydrogen-bond donors (Lipinski definition) is 1. The molecule has 0 radical (unpaired) electrons. The second-order valence-corrected chi connectivity index (χ2v) is 11.4. The van der Waals surface area contributed by atoms with Crippen LogP contribution in [-0.4, -0.2) is 64.2 Å². The number of carbonyl (C=O) groups is 2.